The predicted octanol–water partition coefficient (Wildman–Crippen LogP) is 2.38. The first-order valence-electron chi connectivity index (χ1n) is 4.09. The Morgan fingerprint density at radius 3 is 2.71 bits per heavy atom. The third-order valence-corrected chi connectivity index (χ3v) is 2.21. The fraction of sp³-hybridized carbons (Fsp3) is 0. The maximum absolute atomic E-state index is 5.94. The first kappa shape index (κ1) is 8.97. The number of halogens is 1. The highest BCUT2D eigenvalue weighted by Crippen LogP contribution is 2.29. The van der Waals surface area contributed by atoms with E-state index in [1.165, 1.54) is 0 Å². The molecule has 2 aromatic rings. The zero-order valence-corrected chi connectivity index (χ0v) is 8.07. The maximum atomic E-state index is 5.94. The minimum absolute atomic E-state index is 0.437. The van der Waals surface area contributed by atoms with Gasteiger partial charge in [-0.3, -0.25) is 4.98 Å². The molecule has 2 heterocycles. The molecule has 0 radical (unpaired) electrons. The highest BCUT2D eigenvalue weighted by Gasteiger charge is 2.06. The Bertz CT molecular complexity index is 413. The van der Waals surface area contributed by atoms with Gasteiger partial charge in [0, 0.05) is 35.4 Å². The van der Waals surface area contributed by atoms with Crippen molar-refractivity contribution in [2.45, 2.75) is 0 Å². The maximum Gasteiger partial charge on any atom is 0.136 e. The summed E-state index contributed by atoms with van der Waals surface area (Å²) in [6.45, 7) is 0. The van der Waals surface area contributed by atoms with Gasteiger partial charge in [0.25, 0.3) is 0 Å². The third kappa shape index (κ3) is 1.54. The monoisotopic (exact) mass is 205 g/mol. The number of nitrogens with two attached hydrogens (primary N) is 1. The summed E-state index contributed by atoms with van der Waals surface area (Å²) in [5.74, 6) is 0. The molecule has 0 aliphatic carbocycles. The average molecular weight is 206 g/mol. The number of aromatic nitrogens is 2. The fourth-order valence-corrected chi connectivity index (χ4v) is 1.44. The quantitative estimate of drug-likeness (QED) is 0.728. The summed E-state index contributed by atoms with van der Waals surface area (Å²) in [7, 11) is 0. The summed E-state index contributed by atoms with van der Waals surface area (Å²) in [5, 5.41) is 0.437. The second kappa shape index (κ2) is 3.64. The molecule has 2 N–H and O–H groups in total. The topological polar surface area (TPSA) is 51.8 Å². The molecule has 0 fully saturated rings. The highest BCUT2D eigenvalue weighted by atomic mass is 35.5. The van der Waals surface area contributed by atoms with Crippen LogP contribution in [0.3, 0.4) is 0 Å². The van der Waals surface area contributed by atoms with E-state index in [0.717, 1.165) is 11.1 Å². The lowest BCUT2D eigenvalue weighted by Crippen LogP contribution is -1.91. The number of hydrogen-bond donors (Lipinski definition) is 1. The van der Waals surface area contributed by atoms with Crippen LogP contribution in [0.1, 0.15) is 0 Å². The van der Waals surface area contributed by atoms with Crippen molar-refractivity contribution in [1.82, 2.24) is 9.97 Å². The van der Waals surface area contributed by atoms with Gasteiger partial charge >= 0.3 is 0 Å². The molecular weight excluding hydrogens is 198 g/mol. The summed E-state index contributed by atoms with van der Waals surface area (Å²) >= 11 is 5.94. The van der Waals surface area contributed by atoms with Crippen molar-refractivity contribution < 1.29 is 0 Å². The fourth-order valence-electron chi connectivity index (χ4n) is 1.22. The normalized spacial score (nSPS) is 10.1. The van der Waals surface area contributed by atoms with E-state index < -0.39 is 0 Å². The first-order valence-corrected chi connectivity index (χ1v) is 4.47. The van der Waals surface area contributed by atoms with Crippen LogP contribution in [-0.2, 0) is 0 Å². The lowest BCUT2D eigenvalue weighted by atomic mass is 10.1. The van der Waals surface area contributed by atoms with Gasteiger partial charge in [0.1, 0.15) is 5.15 Å². The molecule has 0 unspecified atom stereocenters. The predicted molar refractivity (Wildman–Crippen MR) is 56.9 cm³/mol. The zero-order valence-electron chi connectivity index (χ0n) is 7.31. The molecule has 0 atom stereocenters. The Kier molecular flexibility index (Phi) is 2.33. The van der Waals surface area contributed by atoms with Crippen molar-refractivity contribution in [1.29, 1.82) is 0 Å². The highest BCUT2D eigenvalue weighted by molar-refractivity contribution is 6.32. The Balaban J connectivity index is 2.61. The molecule has 3 nitrogen and oxygen atoms in total. The summed E-state index contributed by atoms with van der Waals surface area (Å²) in [5.41, 5.74) is 8.06. The Morgan fingerprint density at radius 2 is 2.00 bits per heavy atom. The van der Waals surface area contributed by atoms with E-state index >= 15 is 0 Å². The summed E-state index contributed by atoms with van der Waals surface area (Å²) in [4.78, 5) is 7.98. The number of rotatable bonds is 1. The van der Waals surface area contributed by atoms with Crippen LogP contribution >= 0.6 is 11.6 Å². The molecule has 0 aromatic carbocycles. The van der Waals surface area contributed by atoms with Crippen molar-refractivity contribution in [3.8, 4) is 11.1 Å². The van der Waals surface area contributed by atoms with Crippen LogP contribution in [0.2, 0.25) is 5.15 Å². The van der Waals surface area contributed by atoms with Crippen LogP contribution in [-0.4, -0.2) is 9.97 Å². The van der Waals surface area contributed by atoms with Gasteiger partial charge in [0.15, 0.2) is 0 Å². The van der Waals surface area contributed by atoms with E-state index in [2.05, 4.69) is 9.97 Å². The minimum atomic E-state index is 0.437. The lowest BCUT2D eigenvalue weighted by molar-refractivity contribution is 1.30. The van der Waals surface area contributed by atoms with Crippen LogP contribution in [0.4, 0.5) is 5.69 Å². The second-order valence-corrected chi connectivity index (χ2v) is 3.16. The molecule has 4 heteroatoms. The summed E-state index contributed by atoms with van der Waals surface area (Å²) in [6, 6.07) is 5.41. The van der Waals surface area contributed by atoms with Gasteiger partial charge in [-0.2, -0.15) is 0 Å². The van der Waals surface area contributed by atoms with Crippen LogP contribution < -0.4 is 5.73 Å². The van der Waals surface area contributed by atoms with Crippen molar-refractivity contribution in [2.24, 2.45) is 0 Å². The van der Waals surface area contributed by atoms with Gasteiger partial charge in [-0.1, -0.05) is 11.6 Å². The van der Waals surface area contributed by atoms with Crippen molar-refractivity contribution in [3.63, 3.8) is 0 Å². The van der Waals surface area contributed by atoms with E-state index in [0.29, 0.717) is 10.8 Å². The van der Waals surface area contributed by atoms with Crippen LogP contribution in [0.15, 0.2) is 36.8 Å². The van der Waals surface area contributed by atoms with Crippen molar-refractivity contribution in [3.05, 3.63) is 41.9 Å². The number of pyridine rings is 2. The standard InChI is InChI=1S/C10H8ClN3/c11-10-7(2-1-4-14-10)8-6-13-5-3-9(8)12/h1-6H,(H2,12,13). The van der Waals surface area contributed by atoms with E-state index in [1.54, 1.807) is 24.7 Å². The van der Waals surface area contributed by atoms with E-state index in [-0.39, 0.29) is 0 Å². The molecule has 0 bridgehead atoms. The number of hydrogen-bond acceptors (Lipinski definition) is 3. The Labute approximate surface area is 86.6 Å². The minimum Gasteiger partial charge on any atom is -0.398 e. The molecule has 70 valence electrons. The molecule has 2 rings (SSSR count). The SMILES string of the molecule is Nc1ccncc1-c1cccnc1Cl. The molecular formula is C10H8ClN3. The average Bonchev–Trinajstić information content (AvgIpc) is 2.20. The van der Waals surface area contributed by atoms with Gasteiger partial charge < -0.3 is 5.73 Å². The van der Waals surface area contributed by atoms with Gasteiger partial charge in [0.05, 0.1) is 0 Å². The van der Waals surface area contributed by atoms with Crippen LogP contribution in [0.5, 0.6) is 0 Å². The number of nitrogens with zero attached hydrogens (tertiary/aromatic N) is 2. The Morgan fingerprint density at radius 1 is 1.14 bits per heavy atom. The summed E-state index contributed by atoms with van der Waals surface area (Å²) in [6.07, 6.45) is 4.96. The third-order valence-electron chi connectivity index (χ3n) is 1.90. The largest absolute Gasteiger partial charge is 0.398 e. The molecule has 2 aromatic heterocycles. The van der Waals surface area contributed by atoms with Gasteiger partial charge in [0.2, 0.25) is 0 Å². The molecule has 0 saturated carbocycles. The molecule has 14 heavy (non-hydrogen) atoms. The molecule has 0 spiro atoms. The van der Waals surface area contributed by atoms with E-state index in [9.17, 15) is 0 Å². The van der Waals surface area contributed by atoms with E-state index in [1.807, 2.05) is 12.1 Å². The lowest BCUT2D eigenvalue weighted by Gasteiger charge is -2.05. The van der Waals surface area contributed by atoms with Gasteiger partial charge in [-0.05, 0) is 18.2 Å². The van der Waals surface area contributed by atoms with Crippen LogP contribution in [0.25, 0.3) is 11.1 Å². The van der Waals surface area contributed by atoms with E-state index in [4.69, 9.17) is 17.3 Å². The molecule has 0 aliphatic rings. The molecule has 0 saturated heterocycles. The first-order chi connectivity index (χ1) is 6.79. The van der Waals surface area contributed by atoms with Crippen molar-refractivity contribution in [2.75, 3.05) is 5.73 Å². The number of nitrogen functional groups attached to an aromatic ring is 1. The molecule has 0 aliphatic heterocycles. The molecule has 0 amide bonds. The van der Waals surface area contributed by atoms with Crippen LogP contribution in [0, 0.1) is 0 Å². The van der Waals surface area contributed by atoms with Gasteiger partial charge in [-0.25, -0.2) is 4.98 Å². The van der Waals surface area contributed by atoms with Crippen molar-refractivity contribution >= 4 is 17.3 Å². The Hall–Kier alpha value is -1.61. The summed E-state index contributed by atoms with van der Waals surface area (Å²) < 4.78 is 0. The second-order valence-electron chi connectivity index (χ2n) is 2.80. The number of anilines is 1. The zero-order chi connectivity index (χ0) is 9.97. The van der Waals surface area contributed by atoms with Gasteiger partial charge in [-0.15, -0.1) is 0 Å². The smallest absolute Gasteiger partial charge is 0.136 e.